The predicted molar refractivity (Wildman–Crippen MR) is 119 cm³/mol. The molecular formula is C26H27NO4. The molecule has 1 saturated heterocycles. The van der Waals surface area contributed by atoms with Gasteiger partial charge in [0.05, 0.1) is 20.3 Å². The quantitative estimate of drug-likeness (QED) is 0.628. The molecule has 1 aliphatic rings. The van der Waals surface area contributed by atoms with E-state index in [1.165, 1.54) is 0 Å². The Hall–Kier alpha value is -3.31. The van der Waals surface area contributed by atoms with Crippen LogP contribution in [0.25, 0.3) is 0 Å². The molecule has 1 unspecified atom stereocenters. The molecule has 1 heterocycles. The first-order valence-corrected chi connectivity index (χ1v) is 10.4. The Kier molecular flexibility index (Phi) is 5.96. The lowest BCUT2D eigenvalue weighted by Crippen LogP contribution is -2.49. The number of amides is 1. The molecule has 4 rings (SSSR count). The maximum atomic E-state index is 12.9. The van der Waals surface area contributed by atoms with Gasteiger partial charge in [0.15, 0.2) is 11.5 Å². The molecule has 0 radical (unpaired) electrons. The third-order valence-corrected chi connectivity index (χ3v) is 6.04. The van der Waals surface area contributed by atoms with Crippen LogP contribution < -0.4 is 9.47 Å². The first-order chi connectivity index (χ1) is 15.1. The topological polar surface area (TPSA) is 59.0 Å². The Morgan fingerprint density at radius 1 is 0.903 bits per heavy atom. The van der Waals surface area contributed by atoms with E-state index >= 15 is 0 Å². The molecule has 0 aromatic heterocycles. The van der Waals surface area contributed by atoms with Crippen molar-refractivity contribution >= 4 is 5.91 Å². The predicted octanol–water partition coefficient (Wildman–Crippen LogP) is 4.13. The number of nitrogens with zero attached hydrogens (tertiary/aromatic N) is 1. The molecular weight excluding hydrogens is 390 g/mol. The van der Waals surface area contributed by atoms with Crippen LogP contribution in [0.5, 0.6) is 11.5 Å². The summed E-state index contributed by atoms with van der Waals surface area (Å²) in [5.41, 5.74) is 1.16. The van der Waals surface area contributed by atoms with Crippen molar-refractivity contribution in [1.82, 2.24) is 4.90 Å². The van der Waals surface area contributed by atoms with Crippen LogP contribution in [-0.4, -0.2) is 36.2 Å². The molecule has 3 aromatic carbocycles. The van der Waals surface area contributed by atoms with Gasteiger partial charge in [-0.2, -0.15) is 0 Å². The first-order valence-electron chi connectivity index (χ1n) is 10.4. The Bertz CT molecular complexity index is 996. The van der Waals surface area contributed by atoms with E-state index in [0.29, 0.717) is 30.9 Å². The highest BCUT2D eigenvalue weighted by atomic mass is 16.5. The summed E-state index contributed by atoms with van der Waals surface area (Å²) < 4.78 is 10.8. The molecule has 1 aliphatic heterocycles. The Labute approximate surface area is 182 Å². The van der Waals surface area contributed by atoms with Crippen LogP contribution in [0.1, 0.15) is 29.5 Å². The monoisotopic (exact) mass is 417 g/mol. The summed E-state index contributed by atoms with van der Waals surface area (Å²) in [4.78, 5) is 14.7. The molecule has 5 heteroatoms. The summed E-state index contributed by atoms with van der Waals surface area (Å²) >= 11 is 0. The second-order valence-corrected chi connectivity index (χ2v) is 7.76. The average molecular weight is 418 g/mol. The van der Waals surface area contributed by atoms with Gasteiger partial charge in [-0.3, -0.25) is 4.79 Å². The van der Waals surface area contributed by atoms with Gasteiger partial charge in [0.1, 0.15) is 5.60 Å². The lowest BCUT2D eigenvalue weighted by atomic mass is 9.79. The highest BCUT2D eigenvalue weighted by Crippen LogP contribution is 2.41. The van der Waals surface area contributed by atoms with E-state index in [9.17, 15) is 9.90 Å². The van der Waals surface area contributed by atoms with Gasteiger partial charge < -0.3 is 19.5 Å². The number of rotatable bonds is 7. The van der Waals surface area contributed by atoms with E-state index in [4.69, 9.17) is 9.47 Å². The van der Waals surface area contributed by atoms with Gasteiger partial charge in [0.25, 0.3) is 0 Å². The number of carbonyl (C=O) groups excluding carboxylic acids is 1. The van der Waals surface area contributed by atoms with Crippen LogP contribution in [0.15, 0.2) is 78.9 Å². The molecule has 0 aliphatic carbocycles. The molecule has 31 heavy (non-hydrogen) atoms. The third-order valence-electron chi connectivity index (χ3n) is 6.04. The molecule has 0 bridgehead atoms. The smallest absolute Gasteiger partial charge is 0.223 e. The molecule has 0 saturated carbocycles. The van der Waals surface area contributed by atoms with Gasteiger partial charge in [-0.05, 0) is 35.2 Å². The maximum Gasteiger partial charge on any atom is 0.223 e. The van der Waals surface area contributed by atoms with Crippen molar-refractivity contribution in [2.45, 2.75) is 31.0 Å². The van der Waals surface area contributed by atoms with Crippen LogP contribution in [0.2, 0.25) is 0 Å². The fourth-order valence-corrected chi connectivity index (χ4v) is 4.48. The molecule has 1 fully saturated rings. The van der Waals surface area contributed by atoms with Gasteiger partial charge in [0, 0.05) is 13.0 Å². The number of benzene rings is 3. The van der Waals surface area contributed by atoms with Crippen LogP contribution in [0.3, 0.4) is 0 Å². The van der Waals surface area contributed by atoms with Crippen LogP contribution in [0.4, 0.5) is 0 Å². The van der Waals surface area contributed by atoms with Gasteiger partial charge in [-0.1, -0.05) is 66.7 Å². The first kappa shape index (κ1) is 20.9. The fraction of sp³-hybridized carbons (Fsp3) is 0.269. The third kappa shape index (κ3) is 3.89. The number of aliphatic hydroxyl groups is 1. The van der Waals surface area contributed by atoms with Gasteiger partial charge in [-0.25, -0.2) is 0 Å². The highest BCUT2D eigenvalue weighted by molar-refractivity contribution is 5.79. The number of carbonyl (C=O) groups is 1. The van der Waals surface area contributed by atoms with E-state index in [2.05, 4.69) is 0 Å². The zero-order valence-corrected chi connectivity index (χ0v) is 17.8. The van der Waals surface area contributed by atoms with Crippen molar-refractivity contribution in [3.63, 3.8) is 0 Å². The van der Waals surface area contributed by atoms with E-state index in [1.807, 2.05) is 78.9 Å². The molecule has 0 spiro atoms. The van der Waals surface area contributed by atoms with Crippen LogP contribution >= 0.6 is 0 Å². The van der Waals surface area contributed by atoms with E-state index in [1.54, 1.807) is 19.1 Å². The SMILES string of the molecule is COc1ccc(CN2C(=O)CCC2C(O)(c2ccccc2)c2ccccc2)cc1OC. The Balaban J connectivity index is 1.74. The molecule has 5 nitrogen and oxygen atoms in total. The van der Waals surface area contributed by atoms with Crippen LogP contribution in [0, 0.1) is 0 Å². The van der Waals surface area contributed by atoms with Crippen molar-refractivity contribution in [2.75, 3.05) is 14.2 Å². The average Bonchev–Trinajstić information content (AvgIpc) is 3.20. The minimum Gasteiger partial charge on any atom is -0.493 e. The standard InChI is InChI=1S/C26H27NO4/c1-30-22-14-13-19(17-23(22)31-2)18-27-24(15-16-25(27)28)26(29,20-9-5-3-6-10-20)21-11-7-4-8-12-21/h3-14,17,24,29H,15-16,18H2,1-2H3. The molecule has 160 valence electrons. The zero-order chi connectivity index (χ0) is 21.8. The minimum absolute atomic E-state index is 0.0325. The maximum absolute atomic E-state index is 12.9. The van der Waals surface area contributed by atoms with E-state index in [-0.39, 0.29) is 5.91 Å². The second-order valence-electron chi connectivity index (χ2n) is 7.76. The van der Waals surface area contributed by atoms with Crippen molar-refractivity contribution in [3.8, 4) is 11.5 Å². The molecule has 1 N–H and O–H groups in total. The molecule has 1 atom stereocenters. The van der Waals surface area contributed by atoms with E-state index < -0.39 is 11.6 Å². The molecule has 1 amide bonds. The van der Waals surface area contributed by atoms with Gasteiger partial charge in [0.2, 0.25) is 5.91 Å². The largest absolute Gasteiger partial charge is 0.493 e. The lowest BCUT2D eigenvalue weighted by Gasteiger charge is -2.40. The number of hydrogen-bond donors (Lipinski definition) is 1. The summed E-state index contributed by atoms with van der Waals surface area (Å²) in [7, 11) is 3.19. The summed E-state index contributed by atoms with van der Waals surface area (Å²) in [5, 5.41) is 12.2. The van der Waals surface area contributed by atoms with Crippen LogP contribution in [-0.2, 0) is 16.9 Å². The summed E-state index contributed by atoms with van der Waals surface area (Å²) in [6.45, 7) is 0.381. The Morgan fingerprint density at radius 2 is 1.48 bits per heavy atom. The number of ether oxygens (including phenoxy) is 2. The van der Waals surface area contributed by atoms with Crippen molar-refractivity contribution in [2.24, 2.45) is 0 Å². The minimum atomic E-state index is -1.31. The van der Waals surface area contributed by atoms with Gasteiger partial charge in [-0.15, -0.1) is 0 Å². The summed E-state index contributed by atoms with van der Waals surface area (Å²) in [6.07, 6.45) is 0.979. The fourth-order valence-electron chi connectivity index (χ4n) is 4.48. The number of methoxy groups -OCH3 is 2. The lowest BCUT2D eigenvalue weighted by molar-refractivity contribution is -0.133. The Morgan fingerprint density at radius 3 is 2.03 bits per heavy atom. The second kappa shape index (κ2) is 8.82. The van der Waals surface area contributed by atoms with E-state index in [0.717, 1.165) is 16.7 Å². The van der Waals surface area contributed by atoms with Crippen molar-refractivity contribution in [3.05, 3.63) is 95.6 Å². The van der Waals surface area contributed by atoms with Crippen molar-refractivity contribution in [1.29, 1.82) is 0 Å². The zero-order valence-electron chi connectivity index (χ0n) is 17.8. The highest BCUT2D eigenvalue weighted by Gasteiger charge is 2.48. The van der Waals surface area contributed by atoms with Gasteiger partial charge >= 0.3 is 0 Å². The normalized spacial score (nSPS) is 16.4. The molecule has 3 aromatic rings. The number of likely N-dealkylation sites (tertiary alicyclic amines) is 1. The summed E-state index contributed by atoms with van der Waals surface area (Å²) in [6, 6.07) is 24.5. The number of hydrogen-bond acceptors (Lipinski definition) is 4. The van der Waals surface area contributed by atoms with Crippen molar-refractivity contribution < 1.29 is 19.4 Å². The summed E-state index contributed by atoms with van der Waals surface area (Å²) in [5.74, 6) is 1.29.